The molecule has 0 saturated heterocycles. The van der Waals surface area contributed by atoms with Crippen LogP contribution in [-0.4, -0.2) is 5.11 Å². The van der Waals surface area contributed by atoms with Gasteiger partial charge in [0.2, 0.25) is 0 Å². The summed E-state index contributed by atoms with van der Waals surface area (Å²) in [7, 11) is 0. The molecule has 0 aliphatic rings. The Morgan fingerprint density at radius 2 is 1.60 bits per heavy atom. The molecular weight excluding hydrogens is 272 g/mol. The maximum Gasteiger partial charge on any atom is 0.416 e. The fourth-order valence-corrected chi connectivity index (χ4v) is 1.86. The van der Waals surface area contributed by atoms with Crippen LogP contribution in [0.4, 0.5) is 17.6 Å². The van der Waals surface area contributed by atoms with E-state index in [-0.39, 0.29) is 5.56 Å². The lowest BCUT2D eigenvalue weighted by molar-refractivity contribution is -0.137. The van der Waals surface area contributed by atoms with Gasteiger partial charge in [0.25, 0.3) is 0 Å². The molecule has 0 spiro atoms. The van der Waals surface area contributed by atoms with Gasteiger partial charge in [-0.1, -0.05) is 29.8 Å². The number of benzene rings is 2. The number of rotatable bonds is 2. The van der Waals surface area contributed by atoms with Crippen LogP contribution in [0.3, 0.4) is 0 Å². The van der Waals surface area contributed by atoms with E-state index in [9.17, 15) is 22.7 Å². The molecule has 0 amide bonds. The van der Waals surface area contributed by atoms with Crippen molar-refractivity contribution >= 4 is 0 Å². The first kappa shape index (κ1) is 14.5. The van der Waals surface area contributed by atoms with Gasteiger partial charge in [0.1, 0.15) is 11.9 Å². The summed E-state index contributed by atoms with van der Waals surface area (Å²) in [5, 5.41) is 10.0. The van der Waals surface area contributed by atoms with Crippen molar-refractivity contribution in [3.63, 3.8) is 0 Å². The summed E-state index contributed by atoms with van der Waals surface area (Å²) in [6.45, 7) is 1.83. The fourth-order valence-electron chi connectivity index (χ4n) is 1.86. The van der Waals surface area contributed by atoms with E-state index >= 15 is 0 Å². The van der Waals surface area contributed by atoms with Crippen molar-refractivity contribution in [2.24, 2.45) is 0 Å². The molecule has 0 saturated carbocycles. The Morgan fingerprint density at radius 1 is 1.00 bits per heavy atom. The Kier molecular flexibility index (Phi) is 3.81. The van der Waals surface area contributed by atoms with Gasteiger partial charge >= 0.3 is 6.18 Å². The Bertz CT molecular complexity index is 602. The zero-order valence-electron chi connectivity index (χ0n) is 10.6. The van der Waals surface area contributed by atoms with Crippen molar-refractivity contribution in [3.05, 3.63) is 70.5 Å². The maximum absolute atomic E-state index is 13.6. The highest BCUT2D eigenvalue weighted by Gasteiger charge is 2.32. The van der Waals surface area contributed by atoms with Gasteiger partial charge in [0.05, 0.1) is 5.56 Å². The van der Waals surface area contributed by atoms with E-state index in [1.165, 1.54) is 0 Å². The summed E-state index contributed by atoms with van der Waals surface area (Å²) in [5.41, 5.74) is -0.0944. The Hall–Kier alpha value is -1.88. The highest BCUT2D eigenvalue weighted by Crippen LogP contribution is 2.33. The van der Waals surface area contributed by atoms with Crippen LogP contribution in [0.25, 0.3) is 0 Å². The third kappa shape index (κ3) is 2.99. The first-order valence-electron chi connectivity index (χ1n) is 5.90. The number of halogens is 4. The van der Waals surface area contributed by atoms with Gasteiger partial charge in [0, 0.05) is 5.56 Å². The second-order valence-corrected chi connectivity index (χ2v) is 4.55. The molecular formula is C15H12F4O. The summed E-state index contributed by atoms with van der Waals surface area (Å²) in [5.74, 6) is -0.869. The number of aliphatic hydroxyl groups excluding tert-OH is 1. The Morgan fingerprint density at radius 3 is 2.15 bits per heavy atom. The molecule has 0 aliphatic heterocycles. The SMILES string of the molecule is Cc1ccc(C(O)c2cc(C(F)(F)F)ccc2F)cc1. The predicted molar refractivity (Wildman–Crippen MR) is 66.6 cm³/mol. The van der Waals surface area contributed by atoms with Crippen LogP contribution in [0.15, 0.2) is 42.5 Å². The lowest BCUT2D eigenvalue weighted by atomic mass is 9.98. The van der Waals surface area contributed by atoms with Crippen molar-refractivity contribution in [1.29, 1.82) is 0 Å². The van der Waals surface area contributed by atoms with Crippen LogP contribution < -0.4 is 0 Å². The van der Waals surface area contributed by atoms with E-state index < -0.39 is 23.7 Å². The van der Waals surface area contributed by atoms with Crippen molar-refractivity contribution in [3.8, 4) is 0 Å². The van der Waals surface area contributed by atoms with Gasteiger partial charge in [-0.15, -0.1) is 0 Å². The molecule has 1 nitrogen and oxygen atoms in total. The number of hydrogen-bond acceptors (Lipinski definition) is 1. The van der Waals surface area contributed by atoms with Crippen LogP contribution in [0.2, 0.25) is 0 Å². The number of aryl methyl sites for hydroxylation is 1. The normalized spacial score (nSPS) is 13.3. The average Bonchev–Trinajstić information content (AvgIpc) is 2.38. The second-order valence-electron chi connectivity index (χ2n) is 4.55. The maximum atomic E-state index is 13.6. The largest absolute Gasteiger partial charge is 0.416 e. The van der Waals surface area contributed by atoms with E-state index in [2.05, 4.69) is 0 Å². The molecule has 106 valence electrons. The van der Waals surface area contributed by atoms with E-state index in [1.54, 1.807) is 24.3 Å². The van der Waals surface area contributed by atoms with E-state index in [4.69, 9.17) is 0 Å². The standard InChI is InChI=1S/C15H12F4O/c1-9-2-4-10(5-3-9)14(20)12-8-11(15(17,18)19)6-7-13(12)16/h2-8,14,20H,1H3. The summed E-state index contributed by atoms with van der Waals surface area (Å²) in [6, 6.07) is 8.52. The molecule has 1 unspecified atom stereocenters. The first-order chi connectivity index (χ1) is 9.29. The van der Waals surface area contributed by atoms with Crippen LogP contribution in [0.5, 0.6) is 0 Å². The quantitative estimate of drug-likeness (QED) is 0.818. The molecule has 2 rings (SSSR count). The van der Waals surface area contributed by atoms with Gasteiger partial charge in [-0.05, 0) is 30.7 Å². The van der Waals surface area contributed by atoms with E-state index in [1.807, 2.05) is 6.92 Å². The van der Waals surface area contributed by atoms with Crippen LogP contribution in [0, 0.1) is 12.7 Å². The molecule has 5 heteroatoms. The highest BCUT2D eigenvalue weighted by molar-refractivity contribution is 5.35. The van der Waals surface area contributed by atoms with Crippen molar-refractivity contribution in [1.82, 2.24) is 0 Å². The molecule has 2 aromatic carbocycles. The zero-order valence-corrected chi connectivity index (χ0v) is 10.6. The van der Waals surface area contributed by atoms with Gasteiger partial charge in [-0.3, -0.25) is 0 Å². The van der Waals surface area contributed by atoms with Gasteiger partial charge in [0.15, 0.2) is 0 Å². The summed E-state index contributed by atoms with van der Waals surface area (Å²) >= 11 is 0. The molecule has 0 aromatic heterocycles. The van der Waals surface area contributed by atoms with Crippen LogP contribution in [-0.2, 0) is 6.18 Å². The van der Waals surface area contributed by atoms with Crippen molar-refractivity contribution in [2.75, 3.05) is 0 Å². The molecule has 0 fully saturated rings. The average molecular weight is 284 g/mol. The Labute approximate surface area is 113 Å². The third-order valence-corrected chi connectivity index (χ3v) is 3.01. The van der Waals surface area contributed by atoms with E-state index in [0.29, 0.717) is 17.7 Å². The van der Waals surface area contributed by atoms with Crippen molar-refractivity contribution in [2.45, 2.75) is 19.2 Å². The summed E-state index contributed by atoms with van der Waals surface area (Å²) in [6.07, 6.45) is -6.01. The summed E-state index contributed by atoms with van der Waals surface area (Å²) in [4.78, 5) is 0. The lowest BCUT2D eigenvalue weighted by Gasteiger charge is -2.15. The highest BCUT2D eigenvalue weighted by atomic mass is 19.4. The number of hydrogen-bond donors (Lipinski definition) is 1. The monoisotopic (exact) mass is 284 g/mol. The summed E-state index contributed by atoms with van der Waals surface area (Å²) < 4.78 is 51.5. The molecule has 0 heterocycles. The van der Waals surface area contributed by atoms with Crippen LogP contribution >= 0.6 is 0 Å². The predicted octanol–water partition coefficient (Wildman–Crippen LogP) is 4.23. The molecule has 0 aliphatic carbocycles. The second kappa shape index (κ2) is 5.25. The fraction of sp³-hybridized carbons (Fsp3) is 0.200. The molecule has 0 radical (unpaired) electrons. The lowest BCUT2D eigenvalue weighted by Crippen LogP contribution is -2.09. The molecule has 1 N–H and O–H groups in total. The van der Waals surface area contributed by atoms with Gasteiger partial charge < -0.3 is 5.11 Å². The van der Waals surface area contributed by atoms with Crippen LogP contribution in [0.1, 0.15) is 28.4 Å². The molecule has 1 atom stereocenters. The number of alkyl halides is 3. The van der Waals surface area contributed by atoms with Gasteiger partial charge in [-0.25, -0.2) is 4.39 Å². The van der Waals surface area contributed by atoms with Crippen molar-refractivity contribution < 1.29 is 22.7 Å². The minimum Gasteiger partial charge on any atom is -0.384 e. The minimum atomic E-state index is -4.57. The third-order valence-electron chi connectivity index (χ3n) is 3.01. The van der Waals surface area contributed by atoms with E-state index in [0.717, 1.165) is 11.6 Å². The zero-order chi connectivity index (χ0) is 14.9. The molecule has 20 heavy (non-hydrogen) atoms. The molecule has 0 bridgehead atoms. The first-order valence-corrected chi connectivity index (χ1v) is 5.90. The number of aliphatic hydroxyl groups is 1. The minimum absolute atomic E-state index is 0.342. The smallest absolute Gasteiger partial charge is 0.384 e. The Balaban J connectivity index is 2.43. The van der Waals surface area contributed by atoms with Gasteiger partial charge in [-0.2, -0.15) is 13.2 Å². The topological polar surface area (TPSA) is 20.2 Å². The molecule has 2 aromatic rings.